The van der Waals surface area contributed by atoms with Crippen molar-refractivity contribution in [3.63, 3.8) is 0 Å². The van der Waals surface area contributed by atoms with Crippen molar-refractivity contribution in [1.82, 2.24) is 25.2 Å². The Balaban J connectivity index is 1.22. The van der Waals surface area contributed by atoms with Crippen LogP contribution in [0.2, 0.25) is 0 Å². The minimum Gasteiger partial charge on any atom is -0.457 e. The number of rotatable bonds is 12. The second-order valence-corrected chi connectivity index (χ2v) is 11.9. The summed E-state index contributed by atoms with van der Waals surface area (Å²) in [4.78, 5) is 40.1. The summed E-state index contributed by atoms with van der Waals surface area (Å²) in [6, 6.07) is 17.6. The zero-order chi connectivity index (χ0) is 32.3. The number of aromatic nitrogens is 3. The molecule has 4 N–H and O–H groups in total. The predicted octanol–water partition coefficient (Wildman–Crippen LogP) is 5.23. The lowest BCUT2D eigenvalue weighted by Gasteiger charge is -2.24. The van der Waals surface area contributed by atoms with Gasteiger partial charge in [-0.3, -0.25) is 23.7 Å². The highest BCUT2D eigenvalue weighted by Gasteiger charge is 2.13. The third-order valence-corrected chi connectivity index (χ3v) is 7.99. The normalized spacial score (nSPS) is 14.0. The molecule has 0 radical (unpaired) electrons. The first-order valence-electron chi connectivity index (χ1n) is 14.9. The summed E-state index contributed by atoms with van der Waals surface area (Å²) in [5.74, 6) is 1.19. The van der Waals surface area contributed by atoms with Crippen LogP contribution in [0.3, 0.4) is 0 Å². The Morgan fingerprint density at radius 3 is 2.48 bits per heavy atom. The summed E-state index contributed by atoms with van der Waals surface area (Å²) in [6.07, 6.45) is 11.7. The molecule has 1 aliphatic rings. The van der Waals surface area contributed by atoms with E-state index in [0.29, 0.717) is 39.3 Å². The molecule has 3 heterocycles. The first kappa shape index (κ1) is 32.3. The summed E-state index contributed by atoms with van der Waals surface area (Å²) in [5, 5.41) is 11.8. The van der Waals surface area contributed by atoms with E-state index in [-0.39, 0.29) is 23.5 Å². The number of amides is 2. The zero-order valence-corrected chi connectivity index (χ0v) is 26.5. The predicted molar refractivity (Wildman–Crippen MR) is 180 cm³/mol. The van der Waals surface area contributed by atoms with Crippen molar-refractivity contribution in [2.45, 2.75) is 24.2 Å². The molecule has 2 amide bonds. The summed E-state index contributed by atoms with van der Waals surface area (Å²) in [6.45, 7) is 2.91. The monoisotopic (exact) mass is 640 g/mol. The van der Waals surface area contributed by atoms with Crippen molar-refractivity contribution in [3.8, 4) is 11.5 Å². The van der Waals surface area contributed by atoms with Crippen LogP contribution in [-0.4, -0.2) is 68.8 Å². The molecule has 0 saturated carbocycles. The van der Waals surface area contributed by atoms with Crippen LogP contribution in [0.4, 0.5) is 28.8 Å². The van der Waals surface area contributed by atoms with Crippen LogP contribution in [0.1, 0.15) is 29.8 Å². The number of carbonyl (C=O) groups is 2. The van der Waals surface area contributed by atoms with Crippen LogP contribution < -0.4 is 26.0 Å². The van der Waals surface area contributed by atoms with Gasteiger partial charge in [-0.15, -0.1) is 0 Å². The number of benzene rings is 2. The summed E-state index contributed by atoms with van der Waals surface area (Å²) < 4.78 is 18.3. The average Bonchev–Trinajstić information content (AvgIpc) is 3.06. The third kappa shape index (κ3) is 9.19. The molecular formula is C33H36N8O4S. The van der Waals surface area contributed by atoms with Gasteiger partial charge in [0.05, 0.1) is 21.9 Å². The number of hydrogen-bond donors (Lipinski definition) is 4. The Kier molecular flexibility index (Phi) is 11.0. The van der Waals surface area contributed by atoms with Crippen LogP contribution in [0.25, 0.3) is 0 Å². The smallest absolute Gasteiger partial charge is 0.269 e. The molecule has 1 aliphatic heterocycles. The van der Waals surface area contributed by atoms with E-state index >= 15 is 0 Å². The Morgan fingerprint density at radius 1 is 0.935 bits per heavy atom. The molecule has 1 unspecified atom stereocenters. The maximum absolute atomic E-state index is 12.5. The molecule has 2 aromatic heterocycles. The van der Waals surface area contributed by atoms with Gasteiger partial charge in [0.2, 0.25) is 11.9 Å². The van der Waals surface area contributed by atoms with Gasteiger partial charge < -0.3 is 26.0 Å². The van der Waals surface area contributed by atoms with Crippen molar-refractivity contribution >= 4 is 51.4 Å². The Morgan fingerprint density at radius 2 is 1.72 bits per heavy atom. The van der Waals surface area contributed by atoms with Gasteiger partial charge in [0.1, 0.15) is 17.2 Å². The van der Waals surface area contributed by atoms with Crippen molar-refractivity contribution in [1.29, 1.82) is 0 Å². The fourth-order valence-electron chi connectivity index (χ4n) is 4.78. The fourth-order valence-corrected chi connectivity index (χ4v) is 5.35. The topological polar surface area (TPSA) is 150 Å². The minimum absolute atomic E-state index is 0.205. The molecule has 1 fully saturated rings. The van der Waals surface area contributed by atoms with E-state index in [1.807, 2.05) is 18.2 Å². The lowest BCUT2D eigenvalue weighted by Crippen LogP contribution is -2.29. The molecule has 238 valence electrons. The molecule has 5 rings (SSSR count). The number of piperidine rings is 1. The van der Waals surface area contributed by atoms with Gasteiger partial charge in [-0.2, -0.15) is 4.98 Å². The second kappa shape index (κ2) is 15.7. The maximum Gasteiger partial charge on any atom is 0.269 e. The van der Waals surface area contributed by atoms with E-state index in [4.69, 9.17) is 4.74 Å². The number of carbonyl (C=O) groups excluding carboxylic acids is 2. The molecule has 4 aromatic rings. The summed E-state index contributed by atoms with van der Waals surface area (Å²) in [5.41, 5.74) is 2.22. The van der Waals surface area contributed by atoms with Gasteiger partial charge in [0, 0.05) is 55.2 Å². The van der Waals surface area contributed by atoms with E-state index in [0.717, 1.165) is 19.6 Å². The van der Waals surface area contributed by atoms with Gasteiger partial charge in [-0.05, 0) is 74.5 Å². The largest absolute Gasteiger partial charge is 0.457 e. The van der Waals surface area contributed by atoms with Gasteiger partial charge in [-0.1, -0.05) is 18.6 Å². The highest BCUT2D eigenvalue weighted by atomic mass is 32.2. The van der Waals surface area contributed by atoms with Crippen molar-refractivity contribution < 1.29 is 18.5 Å². The van der Waals surface area contributed by atoms with Gasteiger partial charge in [-0.25, -0.2) is 4.98 Å². The number of likely N-dealkylation sites (tertiary alicyclic amines) is 1. The van der Waals surface area contributed by atoms with E-state index in [1.54, 1.807) is 60.9 Å². The Bertz CT molecular complexity index is 1730. The molecule has 0 spiro atoms. The van der Waals surface area contributed by atoms with Gasteiger partial charge >= 0.3 is 0 Å². The van der Waals surface area contributed by atoms with E-state index in [9.17, 15) is 13.8 Å². The molecule has 1 atom stereocenters. The standard InChI is InChI=1S/C33H36N8O4S/c1-34-32(43)28-21-27(15-16-35-28)45-26-13-11-23(12-14-26)39-33-36-22-29(46(2)44)31(40-33)38-25-9-6-8-24(20-25)37-30(42)10-7-19-41-17-4-3-5-18-41/h6-16,20-22H,3-5,17-19H2,1-2H3,(H,34,43)(H,37,42)(H2,36,38,39,40). The molecule has 0 bridgehead atoms. The van der Waals surface area contributed by atoms with E-state index < -0.39 is 10.8 Å². The van der Waals surface area contributed by atoms with E-state index in [1.165, 1.54) is 38.7 Å². The lowest BCUT2D eigenvalue weighted by atomic mass is 10.1. The number of nitrogens with zero attached hydrogens (tertiary/aromatic N) is 4. The quantitative estimate of drug-likeness (QED) is 0.152. The number of nitrogens with one attached hydrogen (secondary N) is 4. The SMILES string of the molecule is CNC(=O)c1cc(Oc2ccc(Nc3ncc(S(C)=O)c(Nc4cccc(NC(=O)C=CCN5CCCCC5)c4)n3)cc2)ccn1. The molecule has 0 aliphatic carbocycles. The number of anilines is 5. The number of pyridine rings is 1. The molecule has 13 heteroatoms. The highest BCUT2D eigenvalue weighted by molar-refractivity contribution is 7.84. The molecule has 46 heavy (non-hydrogen) atoms. The summed E-state index contributed by atoms with van der Waals surface area (Å²) in [7, 11) is 0.177. The van der Waals surface area contributed by atoms with Crippen molar-refractivity contribution in [2.75, 3.05) is 48.9 Å². The lowest BCUT2D eigenvalue weighted by molar-refractivity contribution is -0.111. The first-order valence-corrected chi connectivity index (χ1v) is 16.4. The van der Waals surface area contributed by atoms with Crippen molar-refractivity contribution in [2.24, 2.45) is 0 Å². The zero-order valence-electron chi connectivity index (χ0n) is 25.7. The Hall–Kier alpha value is -5.14. The number of ether oxygens (including phenoxy) is 1. The highest BCUT2D eigenvalue weighted by Crippen LogP contribution is 2.27. The fraction of sp³-hybridized carbons (Fsp3) is 0.242. The van der Waals surface area contributed by atoms with Crippen LogP contribution in [0.5, 0.6) is 11.5 Å². The van der Waals surface area contributed by atoms with Crippen LogP contribution in [0, 0.1) is 0 Å². The van der Waals surface area contributed by atoms with Gasteiger partial charge in [0.25, 0.3) is 5.91 Å². The second-order valence-electron chi connectivity index (χ2n) is 10.5. The van der Waals surface area contributed by atoms with Gasteiger partial charge in [0.15, 0.2) is 5.82 Å². The average molecular weight is 641 g/mol. The van der Waals surface area contributed by atoms with E-state index in [2.05, 4.69) is 41.1 Å². The first-order chi connectivity index (χ1) is 22.4. The van der Waals surface area contributed by atoms with Crippen LogP contribution >= 0.6 is 0 Å². The van der Waals surface area contributed by atoms with Crippen molar-refractivity contribution in [3.05, 3.63) is 90.9 Å². The van der Waals surface area contributed by atoms with Crippen LogP contribution in [-0.2, 0) is 15.6 Å². The van der Waals surface area contributed by atoms with Crippen LogP contribution in [0.15, 0.2) is 90.1 Å². The number of hydrogen-bond acceptors (Lipinski definition) is 10. The summed E-state index contributed by atoms with van der Waals surface area (Å²) >= 11 is 0. The molecular weight excluding hydrogens is 604 g/mol. The Labute approximate surface area is 270 Å². The molecule has 1 saturated heterocycles. The maximum atomic E-state index is 12.5. The molecule has 12 nitrogen and oxygen atoms in total. The molecule has 2 aromatic carbocycles. The third-order valence-electron chi connectivity index (χ3n) is 7.08. The minimum atomic E-state index is -1.36.